The highest BCUT2D eigenvalue weighted by Crippen LogP contribution is 2.36. The maximum atomic E-state index is 12.3. The molecule has 0 saturated carbocycles. The molecule has 1 aliphatic rings. The highest BCUT2D eigenvalue weighted by molar-refractivity contribution is 6.30. The monoisotopic (exact) mass is 478 g/mol. The third-order valence-corrected chi connectivity index (χ3v) is 5.23. The van der Waals surface area contributed by atoms with E-state index in [0.29, 0.717) is 33.8 Å². The second-order valence-electron chi connectivity index (χ2n) is 7.24. The van der Waals surface area contributed by atoms with Crippen LogP contribution in [0.2, 0.25) is 5.02 Å². The van der Waals surface area contributed by atoms with E-state index in [9.17, 15) is 4.79 Å². The Morgan fingerprint density at radius 3 is 2.59 bits per heavy atom. The maximum absolute atomic E-state index is 12.3. The number of ether oxygens (including phenoxy) is 4. The Balaban J connectivity index is 1.31. The van der Waals surface area contributed by atoms with Gasteiger partial charge in [0.1, 0.15) is 5.75 Å². The van der Waals surface area contributed by atoms with E-state index in [4.69, 9.17) is 30.5 Å². The van der Waals surface area contributed by atoms with Crippen LogP contribution in [-0.4, -0.2) is 41.2 Å². The molecule has 1 aromatic heterocycles. The molecule has 0 fully saturated rings. The number of hydrogen-bond acceptors (Lipinski definition) is 7. The third-order valence-electron chi connectivity index (χ3n) is 4.98. The predicted molar refractivity (Wildman–Crippen MR) is 125 cm³/mol. The number of carbonyl (C=O) groups is 1. The molecule has 0 atom stereocenters. The lowest BCUT2D eigenvalue weighted by atomic mass is 10.2. The first-order chi connectivity index (χ1) is 16.6. The molecule has 0 unspecified atom stereocenters. The fraction of sp³-hybridized carbons (Fsp3) is 0.125. The summed E-state index contributed by atoms with van der Waals surface area (Å²) in [7, 11) is 1.51. The van der Waals surface area contributed by atoms with Gasteiger partial charge in [-0.1, -0.05) is 11.6 Å². The zero-order chi connectivity index (χ0) is 23.5. The third kappa shape index (κ3) is 4.60. The predicted octanol–water partition coefficient (Wildman–Crippen LogP) is 4.34. The summed E-state index contributed by atoms with van der Waals surface area (Å²) in [6.07, 6.45) is 0. The molecule has 34 heavy (non-hydrogen) atoms. The van der Waals surface area contributed by atoms with Crippen molar-refractivity contribution < 1.29 is 23.7 Å². The van der Waals surface area contributed by atoms with Crippen LogP contribution in [0.25, 0.3) is 17.1 Å². The van der Waals surface area contributed by atoms with E-state index < -0.39 is 0 Å². The van der Waals surface area contributed by atoms with Gasteiger partial charge in [-0.05, 0) is 66.7 Å². The number of methoxy groups -OCH3 is 1. The quantitative estimate of drug-likeness (QED) is 0.422. The summed E-state index contributed by atoms with van der Waals surface area (Å²) in [5, 5.41) is 7.83. The Morgan fingerprint density at radius 2 is 1.82 bits per heavy atom. The van der Waals surface area contributed by atoms with E-state index in [0.717, 1.165) is 11.3 Å². The van der Waals surface area contributed by atoms with Crippen LogP contribution in [0, 0.1) is 0 Å². The minimum atomic E-state index is -0.286. The second-order valence-corrected chi connectivity index (χ2v) is 7.68. The Kier molecular flexibility index (Phi) is 5.92. The molecule has 1 amide bonds. The first-order valence-corrected chi connectivity index (χ1v) is 10.7. The number of fused-ring (bicyclic) bond motifs is 1. The van der Waals surface area contributed by atoms with Crippen molar-refractivity contribution >= 4 is 23.2 Å². The SMILES string of the molecule is COc1nc(-c2ccc3c(c2)OCO3)n(-c2ccc(NC(=O)COc3ccc(Cl)cc3)cc2)n1. The first kappa shape index (κ1) is 21.6. The van der Waals surface area contributed by atoms with Gasteiger partial charge in [0.15, 0.2) is 23.9 Å². The van der Waals surface area contributed by atoms with Crippen molar-refractivity contribution in [2.75, 3.05) is 25.8 Å². The Labute approximate surface area is 199 Å². The van der Waals surface area contributed by atoms with Crippen LogP contribution >= 0.6 is 11.6 Å². The molecule has 9 nitrogen and oxygen atoms in total. The van der Waals surface area contributed by atoms with E-state index in [1.807, 2.05) is 30.3 Å². The number of amides is 1. The molecule has 10 heteroatoms. The molecule has 5 rings (SSSR count). The van der Waals surface area contributed by atoms with Crippen molar-refractivity contribution in [3.05, 3.63) is 71.8 Å². The summed E-state index contributed by atoms with van der Waals surface area (Å²) in [4.78, 5) is 16.7. The van der Waals surface area contributed by atoms with Gasteiger partial charge in [-0.2, -0.15) is 4.98 Å². The number of rotatable bonds is 7. The van der Waals surface area contributed by atoms with Gasteiger partial charge >= 0.3 is 6.01 Å². The van der Waals surface area contributed by atoms with Crippen molar-refractivity contribution in [3.8, 4) is 40.3 Å². The summed E-state index contributed by atoms with van der Waals surface area (Å²) in [5.41, 5.74) is 2.14. The summed E-state index contributed by atoms with van der Waals surface area (Å²) in [6.45, 7) is 0.0602. The van der Waals surface area contributed by atoms with Gasteiger partial charge in [-0.25, -0.2) is 4.68 Å². The van der Waals surface area contributed by atoms with E-state index in [2.05, 4.69) is 15.4 Å². The van der Waals surface area contributed by atoms with Crippen LogP contribution < -0.4 is 24.3 Å². The number of aromatic nitrogens is 3. The standard InChI is InChI=1S/C24H19ClN4O5/c1-31-24-27-23(15-2-11-20-21(12-15)34-14-33-20)29(28-24)18-7-5-17(6-8-18)26-22(30)13-32-19-9-3-16(25)4-10-19/h2-12H,13-14H2,1H3,(H,26,30). The van der Waals surface area contributed by atoms with Gasteiger partial charge in [0.05, 0.1) is 12.8 Å². The molecular formula is C24H19ClN4O5. The lowest BCUT2D eigenvalue weighted by Crippen LogP contribution is -2.20. The van der Waals surface area contributed by atoms with Gasteiger partial charge < -0.3 is 24.3 Å². The first-order valence-electron chi connectivity index (χ1n) is 10.3. The molecule has 0 bridgehead atoms. The van der Waals surface area contributed by atoms with Crippen molar-refractivity contribution in [2.45, 2.75) is 0 Å². The maximum Gasteiger partial charge on any atom is 0.336 e. The highest BCUT2D eigenvalue weighted by Gasteiger charge is 2.19. The molecule has 0 spiro atoms. The van der Waals surface area contributed by atoms with E-state index in [-0.39, 0.29) is 25.3 Å². The number of carbonyl (C=O) groups excluding carboxylic acids is 1. The van der Waals surface area contributed by atoms with E-state index >= 15 is 0 Å². The van der Waals surface area contributed by atoms with Crippen molar-refractivity contribution in [3.63, 3.8) is 0 Å². The second kappa shape index (κ2) is 9.32. The average Bonchev–Trinajstić information content (AvgIpc) is 3.51. The van der Waals surface area contributed by atoms with Gasteiger partial charge in [0.25, 0.3) is 5.91 Å². The number of halogens is 1. The van der Waals surface area contributed by atoms with Crippen LogP contribution in [0.15, 0.2) is 66.7 Å². The zero-order valence-corrected chi connectivity index (χ0v) is 18.8. The number of benzene rings is 3. The van der Waals surface area contributed by atoms with Crippen LogP contribution in [0.5, 0.6) is 23.3 Å². The molecule has 1 aliphatic heterocycles. The van der Waals surface area contributed by atoms with E-state index in [1.165, 1.54) is 7.11 Å². The number of nitrogens with one attached hydrogen (secondary N) is 1. The molecule has 0 saturated heterocycles. The number of nitrogens with zero attached hydrogens (tertiary/aromatic N) is 3. The van der Waals surface area contributed by atoms with Gasteiger partial charge in [0, 0.05) is 16.3 Å². The summed E-state index contributed by atoms with van der Waals surface area (Å²) < 4.78 is 23.2. The molecule has 2 heterocycles. The minimum absolute atomic E-state index is 0.127. The molecule has 0 radical (unpaired) electrons. The van der Waals surface area contributed by atoms with Crippen molar-refractivity contribution in [2.24, 2.45) is 0 Å². The molecule has 3 aromatic carbocycles. The van der Waals surface area contributed by atoms with Crippen molar-refractivity contribution in [1.82, 2.24) is 14.8 Å². The lowest BCUT2D eigenvalue weighted by molar-refractivity contribution is -0.118. The van der Waals surface area contributed by atoms with Gasteiger partial charge in [-0.15, -0.1) is 5.10 Å². The fourth-order valence-electron chi connectivity index (χ4n) is 3.34. The van der Waals surface area contributed by atoms with Crippen LogP contribution in [-0.2, 0) is 4.79 Å². The molecular weight excluding hydrogens is 460 g/mol. The number of anilines is 1. The molecule has 1 N–H and O–H groups in total. The Morgan fingerprint density at radius 1 is 1.06 bits per heavy atom. The topological polar surface area (TPSA) is 96.7 Å². The number of hydrogen-bond donors (Lipinski definition) is 1. The smallest absolute Gasteiger partial charge is 0.336 e. The van der Waals surface area contributed by atoms with Crippen LogP contribution in [0.3, 0.4) is 0 Å². The normalized spacial score (nSPS) is 11.8. The van der Waals surface area contributed by atoms with Crippen molar-refractivity contribution in [1.29, 1.82) is 0 Å². The minimum Gasteiger partial charge on any atom is -0.484 e. The van der Waals surface area contributed by atoms with E-state index in [1.54, 1.807) is 41.1 Å². The summed E-state index contributed by atoms with van der Waals surface area (Å²) >= 11 is 5.85. The largest absolute Gasteiger partial charge is 0.484 e. The Bertz CT molecular complexity index is 1320. The van der Waals surface area contributed by atoms with Crippen LogP contribution in [0.4, 0.5) is 5.69 Å². The van der Waals surface area contributed by atoms with Gasteiger partial charge in [0.2, 0.25) is 6.79 Å². The summed E-state index contributed by atoms with van der Waals surface area (Å²) in [5.74, 6) is 2.17. The fourth-order valence-corrected chi connectivity index (χ4v) is 3.47. The highest BCUT2D eigenvalue weighted by atomic mass is 35.5. The average molecular weight is 479 g/mol. The lowest BCUT2D eigenvalue weighted by Gasteiger charge is -2.09. The molecule has 4 aromatic rings. The Hall–Kier alpha value is -4.24. The molecule has 0 aliphatic carbocycles. The van der Waals surface area contributed by atoms with Crippen LogP contribution in [0.1, 0.15) is 0 Å². The molecule has 172 valence electrons. The zero-order valence-electron chi connectivity index (χ0n) is 18.0. The van der Waals surface area contributed by atoms with Gasteiger partial charge in [-0.3, -0.25) is 4.79 Å². The summed E-state index contributed by atoms with van der Waals surface area (Å²) in [6, 6.07) is 19.8.